The molecule has 0 radical (unpaired) electrons. The molecular weight excluding hydrogens is 312 g/mol. The molecule has 2 heteroatoms. The number of ether oxygens (including phenoxy) is 1. The van der Waals surface area contributed by atoms with E-state index in [1.165, 1.54) is 18.4 Å². The highest BCUT2D eigenvalue weighted by Gasteiger charge is 2.53. The Bertz CT molecular complexity index is 439. The van der Waals surface area contributed by atoms with Crippen LogP contribution >= 0.6 is 15.9 Å². The molecule has 1 aliphatic carbocycles. The Hall–Kier alpha value is -0.500. The lowest BCUT2D eigenvalue weighted by molar-refractivity contribution is -0.0417. The predicted octanol–water partition coefficient (Wildman–Crippen LogP) is 5.92. The van der Waals surface area contributed by atoms with Gasteiger partial charge in [0.25, 0.3) is 0 Å². The molecule has 0 amide bonds. The van der Waals surface area contributed by atoms with Crippen molar-refractivity contribution in [3.63, 3.8) is 0 Å². The third-order valence-electron chi connectivity index (χ3n) is 5.33. The molecule has 1 aromatic rings. The van der Waals surface area contributed by atoms with E-state index in [4.69, 9.17) is 4.74 Å². The van der Waals surface area contributed by atoms with Crippen LogP contribution in [0.3, 0.4) is 0 Å². The van der Waals surface area contributed by atoms with Gasteiger partial charge in [-0.3, -0.25) is 0 Å². The van der Waals surface area contributed by atoms with Crippen molar-refractivity contribution in [2.45, 2.75) is 70.2 Å². The lowest BCUT2D eigenvalue weighted by Crippen LogP contribution is -2.56. The van der Waals surface area contributed by atoms with Gasteiger partial charge in [0.1, 0.15) is 11.9 Å². The van der Waals surface area contributed by atoms with Crippen molar-refractivity contribution in [1.29, 1.82) is 0 Å². The molecule has 3 atom stereocenters. The number of halogens is 1. The van der Waals surface area contributed by atoms with Crippen LogP contribution in [-0.4, -0.2) is 10.9 Å². The summed E-state index contributed by atoms with van der Waals surface area (Å²) in [7, 11) is 0. The highest BCUT2D eigenvalue weighted by molar-refractivity contribution is 9.09. The highest BCUT2D eigenvalue weighted by atomic mass is 79.9. The monoisotopic (exact) mass is 338 g/mol. The van der Waals surface area contributed by atoms with E-state index in [1.54, 1.807) is 0 Å². The van der Waals surface area contributed by atoms with Crippen LogP contribution in [0.25, 0.3) is 0 Å². The molecule has 112 valence electrons. The van der Waals surface area contributed by atoms with E-state index in [0.29, 0.717) is 22.3 Å². The Kier molecular flexibility index (Phi) is 5.17. The normalized spacial score (nSPS) is 25.9. The molecule has 0 saturated heterocycles. The first-order valence-corrected chi connectivity index (χ1v) is 8.90. The van der Waals surface area contributed by atoms with E-state index in [9.17, 15) is 0 Å². The summed E-state index contributed by atoms with van der Waals surface area (Å²) in [5.41, 5.74) is 1.66. The first kappa shape index (κ1) is 15.9. The number of benzene rings is 1. The number of rotatable bonds is 6. The van der Waals surface area contributed by atoms with Crippen molar-refractivity contribution >= 4 is 15.9 Å². The summed E-state index contributed by atoms with van der Waals surface area (Å²) in [6, 6.07) is 8.56. The Morgan fingerprint density at radius 1 is 1.25 bits per heavy atom. The fourth-order valence-corrected chi connectivity index (χ4v) is 4.66. The van der Waals surface area contributed by atoms with E-state index in [2.05, 4.69) is 67.9 Å². The maximum absolute atomic E-state index is 6.44. The molecule has 0 aromatic heterocycles. The van der Waals surface area contributed by atoms with Crippen molar-refractivity contribution in [3.05, 3.63) is 29.8 Å². The fraction of sp³-hybridized carbons (Fsp3) is 0.667. The molecule has 0 N–H and O–H groups in total. The summed E-state index contributed by atoms with van der Waals surface area (Å²) < 4.78 is 6.44. The fourth-order valence-electron chi connectivity index (χ4n) is 3.38. The average molecular weight is 339 g/mol. The summed E-state index contributed by atoms with van der Waals surface area (Å²) in [5, 5.41) is 0. The Morgan fingerprint density at radius 2 is 1.90 bits per heavy atom. The van der Waals surface area contributed by atoms with Gasteiger partial charge in [-0.15, -0.1) is 0 Å². The standard InChI is InChI=1S/C18H27BrO/c1-5-13(4)14-10-8-9-11-15(14)20-17-12-16(19)18(17,6-2)7-3/h8-11,13,16-17H,5-7,12H2,1-4H3. The van der Waals surface area contributed by atoms with Crippen molar-refractivity contribution in [1.82, 2.24) is 0 Å². The van der Waals surface area contributed by atoms with Gasteiger partial charge in [-0.2, -0.15) is 0 Å². The Balaban J connectivity index is 2.19. The van der Waals surface area contributed by atoms with Crippen LogP contribution in [0, 0.1) is 5.41 Å². The quantitative estimate of drug-likeness (QED) is 0.585. The highest BCUT2D eigenvalue weighted by Crippen LogP contribution is 2.53. The van der Waals surface area contributed by atoms with Crippen LogP contribution in [0.1, 0.15) is 64.9 Å². The third-order valence-corrected chi connectivity index (χ3v) is 6.62. The average Bonchev–Trinajstić information content (AvgIpc) is 2.48. The Morgan fingerprint density at radius 3 is 2.45 bits per heavy atom. The smallest absolute Gasteiger partial charge is 0.123 e. The summed E-state index contributed by atoms with van der Waals surface area (Å²) in [6.07, 6.45) is 4.98. The number of hydrogen-bond donors (Lipinski definition) is 0. The molecule has 0 aliphatic heterocycles. The third kappa shape index (κ3) is 2.64. The zero-order valence-corrected chi connectivity index (χ0v) is 14.7. The van der Waals surface area contributed by atoms with Gasteiger partial charge in [0.15, 0.2) is 0 Å². The van der Waals surface area contributed by atoms with Crippen LogP contribution < -0.4 is 4.74 Å². The first-order valence-electron chi connectivity index (χ1n) is 7.98. The molecule has 0 bridgehead atoms. The minimum Gasteiger partial charge on any atom is -0.489 e. The van der Waals surface area contributed by atoms with E-state index >= 15 is 0 Å². The van der Waals surface area contributed by atoms with Gasteiger partial charge in [-0.1, -0.05) is 61.8 Å². The van der Waals surface area contributed by atoms with Gasteiger partial charge in [0.05, 0.1) is 0 Å². The molecule has 0 heterocycles. The molecule has 1 nitrogen and oxygen atoms in total. The molecule has 1 aromatic carbocycles. The summed E-state index contributed by atoms with van der Waals surface area (Å²) in [5.74, 6) is 1.65. The van der Waals surface area contributed by atoms with Gasteiger partial charge in [0.2, 0.25) is 0 Å². The lowest BCUT2D eigenvalue weighted by Gasteiger charge is -2.53. The van der Waals surface area contributed by atoms with E-state index in [-0.39, 0.29) is 0 Å². The molecule has 3 unspecified atom stereocenters. The molecule has 0 spiro atoms. The van der Waals surface area contributed by atoms with Crippen molar-refractivity contribution in [2.24, 2.45) is 5.41 Å². The summed E-state index contributed by atoms with van der Waals surface area (Å²) >= 11 is 3.84. The van der Waals surface area contributed by atoms with Gasteiger partial charge >= 0.3 is 0 Å². The first-order chi connectivity index (χ1) is 9.58. The molecule has 1 fully saturated rings. The van der Waals surface area contributed by atoms with Crippen molar-refractivity contribution in [2.75, 3.05) is 0 Å². The maximum Gasteiger partial charge on any atom is 0.123 e. The minimum absolute atomic E-state index is 0.308. The lowest BCUT2D eigenvalue weighted by atomic mass is 9.62. The van der Waals surface area contributed by atoms with Gasteiger partial charge in [-0.05, 0) is 43.2 Å². The van der Waals surface area contributed by atoms with E-state index < -0.39 is 0 Å². The van der Waals surface area contributed by atoms with Gasteiger partial charge in [-0.25, -0.2) is 0 Å². The zero-order valence-electron chi connectivity index (χ0n) is 13.2. The van der Waals surface area contributed by atoms with Crippen LogP contribution in [0.5, 0.6) is 5.75 Å². The topological polar surface area (TPSA) is 9.23 Å². The molecule has 20 heavy (non-hydrogen) atoms. The van der Waals surface area contributed by atoms with Crippen LogP contribution in [0.4, 0.5) is 0 Å². The Labute approximate surface area is 132 Å². The van der Waals surface area contributed by atoms with Crippen LogP contribution in [-0.2, 0) is 0 Å². The number of hydrogen-bond acceptors (Lipinski definition) is 1. The van der Waals surface area contributed by atoms with Crippen LogP contribution in [0.15, 0.2) is 24.3 Å². The molecule has 1 aliphatic rings. The molecule has 1 saturated carbocycles. The second kappa shape index (κ2) is 6.51. The summed E-state index contributed by atoms with van der Waals surface area (Å²) in [6.45, 7) is 9.09. The van der Waals surface area contributed by atoms with Crippen molar-refractivity contribution < 1.29 is 4.74 Å². The van der Waals surface area contributed by atoms with Crippen LogP contribution in [0.2, 0.25) is 0 Å². The second-order valence-electron chi connectivity index (χ2n) is 6.10. The minimum atomic E-state index is 0.308. The van der Waals surface area contributed by atoms with Gasteiger partial charge < -0.3 is 4.74 Å². The van der Waals surface area contributed by atoms with Crippen molar-refractivity contribution in [3.8, 4) is 5.75 Å². The van der Waals surface area contributed by atoms with E-state index in [1.807, 2.05) is 0 Å². The second-order valence-corrected chi connectivity index (χ2v) is 7.20. The maximum atomic E-state index is 6.44. The molecule has 2 rings (SSSR count). The number of alkyl halides is 1. The molecular formula is C18H27BrO. The number of para-hydroxylation sites is 1. The summed E-state index contributed by atoms with van der Waals surface area (Å²) in [4.78, 5) is 0.603. The SMILES string of the molecule is CCC(C)c1ccccc1OC1CC(Br)C1(CC)CC. The largest absolute Gasteiger partial charge is 0.489 e. The zero-order chi connectivity index (χ0) is 14.8. The predicted molar refractivity (Wildman–Crippen MR) is 89.9 cm³/mol. The van der Waals surface area contributed by atoms with E-state index in [0.717, 1.165) is 18.6 Å². The van der Waals surface area contributed by atoms with Gasteiger partial charge in [0, 0.05) is 10.2 Å².